The van der Waals surface area contributed by atoms with Crippen LogP contribution in [0, 0.1) is 5.82 Å². The molecule has 0 unspecified atom stereocenters. The third-order valence-corrected chi connectivity index (χ3v) is 5.10. The zero-order chi connectivity index (χ0) is 16.5. The molecular formula is C17H15FN4OS. The highest BCUT2D eigenvalue weighted by atomic mass is 32.1. The Labute approximate surface area is 141 Å². The van der Waals surface area contributed by atoms with E-state index in [2.05, 4.69) is 20.5 Å². The van der Waals surface area contributed by atoms with Crippen molar-refractivity contribution in [2.24, 2.45) is 0 Å². The van der Waals surface area contributed by atoms with Crippen molar-refractivity contribution in [2.45, 2.75) is 25.7 Å². The quantitative estimate of drug-likeness (QED) is 0.760. The Morgan fingerprint density at radius 3 is 2.79 bits per heavy atom. The minimum absolute atomic E-state index is 0.276. The Morgan fingerprint density at radius 2 is 2.00 bits per heavy atom. The summed E-state index contributed by atoms with van der Waals surface area (Å²) < 4.78 is 13.0. The number of hydrogen-bond donors (Lipinski definition) is 2. The van der Waals surface area contributed by atoms with Crippen LogP contribution in [0.3, 0.4) is 0 Å². The number of nitrogens with zero attached hydrogens (tertiary/aromatic N) is 2. The lowest BCUT2D eigenvalue weighted by molar-refractivity contribution is 0.102. The van der Waals surface area contributed by atoms with Crippen molar-refractivity contribution in [3.05, 3.63) is 52.4 Å². The normalized spacial score (nSPS) is 13.5. The number of anilines is 1. The first-order valence-electron chi connectivity index (χ1n) is 7.80. The number of hydrogen-bond acceptors (Lipinski definition) is 4. The summed E-state index contributed by atoms with van der Waals surface area (Å²) in [5.74, 6) is -0.582. The van der Waals surface area contributed by atoms with Crippen LogP contribution in [0.5, 0.6) is 0 Å². The number of aryl methyl sites for hydroxylation is 2. The second-order valence-corrected chi connectivity index (χ2v) is 6.81. The number of halogens is 1. The summed E-state index contributed by atoms with van der Waals surface area (Å²) in [5.41, 5.74) is 2.80. The molecule has 0 spiro atoms. The fourth-order valence-electron chi connectivity index (χ4n) is 2.78. The molecule has 2 aromatic heterocycles. The van der Waals surface area contributed by atoms with Gasteiger partial charge in [0.1, 0.15) is 11.5 Å². The minimum atomic E-state index is -0.306. The van der Waals surface area contributed by atoms with Crippen LogP contribution >= 0.6 is 11.3 Å². The van der Waals surface area contributed by atoms with Gasteiger partial charge in [-0.2, -0.15) is 5.10 Å². The predicted octanol–water partition coefficient (Wildman–Crippen LogP) is 3.80. The molecule has 2 heterocycles. The van der Waals surface area contributed by atoms with Gasteiger partial charge in [-0.25, -0.2) is 9.37 Å². The Kier molecular flexibility index (Phi) is 3.86. The SMILES string of the molecule is O=C(Nc1nc2c(s1)CCCC2)c1cc(-c2ccc(F)cc2)n[nH]1. The molecule has 122 valence electrons. The zero-order valence-electron chi connectivity index (χ0n) is 12.8. The molecule has 4 rings (SSSR count). The van der Waals surface area contributed by atoms with E-state index in [1.165, 1.54) is 23.4 Å². The third-order valence-electron chi connectivity index (χ3n) is 4.03. The number of nitrogens with one attached hydrogen (secondary N) is 2. The van der Waals surface area contributed by atoms with Gasteiger partial charge in [-0.15, -0.1) is 11.3 Å². The van der Waals surface area contributed by atoms with Crippen molar-refractivity contribution in [2.75, 3.05) is 5.32 Å². The molecule has 7 heteroatoms. The van der Waals surface area contributed by atoms with Crippen LogP contribution in [0.15, 0.2) is 30.3 Å². The van der Waals surface area contributed by atoms with Crippen LogP contribution in [-0.2, 0) is 12.8 Å². The van der Waals surface area contributed by atoms with E-state index in [0.29, 0.717) is 16.5 Å². The fourth-order valence-corrected chi connectivity index (χ4v) is 3.82. The maximum atomic E-state index is 13.0. The lowest BCUT2D eigenvalue weighted by Crippen LogP contribution is -2.12. The van der Waals surface area contributed by atoms with Crippen molar-refractivity contribution >= 4 is 22.4 Å². The monoisotopic (exact) mass is 342 g/mol. The highest BCUT2D eigenvalue weighted by molar-refractivity contribution is 7.15. The lowest BCUT2D eigenvalue weighted by atomic mass is 10.0. The molecule has 5 nitrogen and oxygen atoms in total. The molecule has 0 fully saturated rings. The maximum Gasteiger partial charge on any atom is 0.275 e. The lowest BCUT2D eigenvalue weighted by Gasteiger charge is -2.06. The first kappa shape index (κ1) is 15.0. The molecule has 0 saturated heterocycles. The highest BCUT2D eigenvalue weighted by Crippen LogP contribution is 2.29. The molecule has 1 amide bonds. The average molecular weight is 342 g/mol. The molecule has 24 heavy (non-hydrogen) atoms. The summed E-state index contributed by atoms with van der Waals surface area (Å²) in [6, 6.07) is 7.63. The molecule has 0 saturated carbocycles. The van der Waals surface area contributed by atoms with E-state index in [4.69, 9.17) is 0 Å². The van der Waals surface area contributed by atoms with E-state index in [0.717, 1.165) is 30.5 Å². The molecule has 0 aliphatic heterocycles. The van der Waals surface area contributed by atoms with Gasteiger partial charge in [0.2, 0.25) is 0 Å². The Hall–Kier alpha value is -2.54. The summed E-state index contributed by atoms with van der Waals surface area (Å²) in [4.78, 5) is 18.1. The Balaban J connectivity index is 1.50. The topological polar surface area (TPSA) is 70.7 Å². The average Bonchev–Trinajstić information content (AvgIpc) is 3.21. The molecule has 1 aromatic carbocycles. The van der Waals surface area contributed by atoms with Crippen LogP contribution in [0.2, 0.25) is 0 Å². The van der Waals surface area contributed by atoms with Gasteiger partial charge < -0.3 is 0 Å². The molecule has 1 aliphatic rings. The van der Waals surface area contributed by atoms with Crippen molar-refractivity contribution < 1.29 is 9.18 Å². The van der Waals surface area contributed by atoms with Crippen molar-refractivity contribution in [3.63, 3.8) is 0 Å². The van der Waals surface area contributed by atoms with Crippen LogP contribution in [0.1, 0.15) is 33.9 Å². The molecule has 0 radical (unpaired) electrons. The van der Waals surface area contributed by atoms with Crippen LogP contribution in [0.25, 0.3) is 11.3 Å². The van der Waals surface area contributed by atoms with Gasteiger partial charge in [0.25, 0.3) is 5.91 Å². The number of carbonyl (C=O) groups is 1. The van der Waals surface area contributed by atoms with E-state index in [-0.39, 0.29) is 11.7 Å². The third kappa shape index (κ3) is 2.94. The van der Waals surface area contributed by atoms with E-state index >= 15 is 0 Å². The summed E-state index contributed by atoms with van der Waals surface area (Å²) >= 11 is 1.54. The van der Waals surface area contributed by atoms with Gasteiger partial charge in [-0.05, 0) is 56.0 Å². The molecular weight excluding hydrogens is 327 g/mol. The molecule has 0 bridgehead atoms. The summed E-state index contributed by atoms with van der Waals surface area (Å²) in [6.07, 6.45) is 4.37. The van der Waals surface area contributed by atoms with E-state index in [1.54, 1.807) is 29.5 Å². The molecule has 3 aromatic rings. The number of aromatic amines is 1. The van der Waals surface area contributed by atoms with Gasteiger partial charge in [0.05, 0.1) is 11.4 Å². The number of thiazole rings is 1. The molecule has 0 atom stereocenters. The van der Waals surface area contributed by atoms with Gasteiger partial charge >= 0.3 is 0 Å². The number of aromatic nitrogens is 3. The second kappa shape index (κ2) is 6.16. The molecule has 2 N–H and O–H groups in total. The summed E-state index contributed by atoms with van der Waals surface area (Å²) in [7, 11) is 0. The van der Waals surface area contributed by atoms with Gasteiger partial charge in [0.15, 0.2) is 5.13 Å². The van der Waals surface area contributed by atoms with E-state index in [9.17, 15) is 9.18 Å². The van der Waals surface area contributed by atoms with Gasteiger partial charge in [-0.3, -0.25) is 15.2 Å². The number of H-pyrrole nitrogens is 1. The first-order valence-corrected chi connectivity index (χ1v) is 8.62. The predicted molar refractivity (Wildman–Crippen MR) is 90.7 cm³/mol. The largest absolute Gasteiger partial charge is 0.296 e. The van der Waals surface area contributed by atoms with Crippen molar-refractivity contribution in [1.29, 1.82) is 0 Å². The Morgan fingerprint density at radius 1 is 1.21 bits per heavy atom. The van der Waals surface area contributed by atoms with E-state index in [1.807, 2.05) is 0 Å². The number of carbonyl (C=O) groups excluding carboxylic acids is 1. The van der Waals surface area contributed by atoms with Crippen LogP contribution in [-0.4, -0.2) is 21.1 Å². The standard InChI is InChI=1S/C17H15FN4OS/c18-11-7-5-10(6-8-11)13-9-14(22-21-13)16(23)20-17-19-12-3-1-2-4-15(12)24-17/h5-9H,1-4H2,(H,21,22)(H,19,20,23). The smallest absolute Gasteiger partial charge is 0.275 e. The second-order valence-electron chi connectivity index (χ2n) is 5.72. The van der Waals surface area contributed by atoms with E-state index < -0.39 is 0 Å². The maximum absolute atomic E-state index is 13.0. The van der Waals surface area contributed by atoms with Gasteiger partial charge in [0, 0.05) is 10.4 Å². The summed E-state index contributed by atoms with van der Waals surface area (Å²) in [5, 5.41) is 10.3. The number of amides is 1. The zero-order valence-corrected chi connectivity index (χ0v) is 13.6. The number of fused-ring (bicyclic) bond motifs is 1. The number of rotatable bonds is 3. The summed E-state index contributed by atoms with van der Waals surface area (Å²) in [6.45, 7) is 0. The minimum Gasteiger partial charge on any atom is -0.296 e. The first-order chi connectivity index (χ1) is 11.7. The Bertz CT molecular complexity index is 861. The van der Waals surface area contributed by atoms with Crippen LogP contribution in [0.4, 0.5) is 9.52 Å². The van der Waals surface area contributed by atoms with Crippen molar-refractivity contribution in [3.8, 4) is 11.3 Å². The van der Waals surface area contributed by atoms with Crippen molar-refractivity contribution in [1.82, 2.24) is 15.2 Å². The van der Waals surface area contributed by atoms with Crippen LogP contribution < -0.4 is 5.32 Å². The highest BCUT2D eigenvalue weighted by Gasteiger charge is 2.18. The van der Waals surface area contributed by atoms with Gasteiger partial charge in [-0.1, -0.05) is 0 Å². The fraction of sp³-hybridized carbons (Fsp3) is 0.235. The number of benzene rings is 1. The molecule has 1 aliphatic carbocycles.